The highest BCUT2D eigenvalue weighted by Crippen LogP contribution is 2.12. The van der Waals surface area contributed by atoms with E-state index in [1.165, 1.54) is 0 Å². The van der Waals surface area contributed by atoms with Crippen molar-refractivity contribution in [2.75, 3.05) is 6.61 Å². The van der Waals surface area contributed by atoms with E-state index < -0.39 is 0 Å². The van der Waals surface area contributed by atoms with Gasteiger partial charge < -0.3 is 4.74 Å². The first kappa shape index (κ1) is 9.33. The van der Waals surface area contributed by atoms with Gasteiger partial charge in [-0.15, -0.1) is 0 Å². The molecule has 2 nitrogen and oxygen atoms in total. The molecule has 0 radical (unpaired) electrons. The second kappa shape index (κ2) is 4.31. The first-order valence-corrected chi connectivity index (χ1v) is 4.30. The van der Waals surface area contributed by atoms with Crippen molar-refractivity contribution >= 4 is 11.6 Å². The topological polar surface area (TPSA) is 22.1 Å². The van der Waals surface area contributed by atoms with Crippen molar-refractivity contribution in [3.05, 3.63) is 23.5 Å². The molecule has 1 rings (SSSR count). The molecule has 0 bridgehead atoms. The van der Waals surface area contributed by atoms with Crippen LogP contribution in [-0.2, 0) is 0 Å². The van der Waals surface area contributed by atoms with Crippen LogP contribution in [-0.4, -0.2) is 11.6 Å². The molecule has 12 heavy (non-hydrogen) atoms. The van der Waals surface area contributed by atoms with E-state index in [0.717, 1.165) is 5.75 Å². The van der Waals surface area contributed by atoms with E-state index in [9.17, 15) is 0 Å². The van der Waals surface area contributed by atoms with Crippen molar-refractivity contribution in [3.8, 4) is 5.75 Å². The summed E-state index contributed by atoms with van der Waals surface area (Å²) in [6, 6.07) is 3.54. The minimum atomic E-state index is 0.492. The molecule has 0 fully saturated rings. The lowest BCUT2D eigenvalue weighted by molar-refractivity contribution is 0.270. The quantitative estimate of drug-likeness (QED) is 0.676. The first-order valence-electron chi connectivity index (χ1n) is 3.93. The molecule has 0 atom stereocenters. The van der Waals surface area contributed by atoms with Crippen LogP contribution in [0.15, 0.2) is 18.3 Å². The number of rotatable bonds is 3. The zero-order valence-electron chi connectivity index (χ0n) is 7.25. The Morgan fingerprint density at radius 1 is 1.50 bits per heavy atom. The molecular weight excluding hydrogens is 174 g/mol. The van der Waals surface area contributed by atoms with Crippen LogP contribution in [0.5, 0.6) is 5.75 Å². The van der Waals surface area contributed by atoms with Crippen LogP contribution < -0.4 is 4.74 Å². The smallest absolute Gasteiger partial charge is 0.137 e. The molecule has 0 aromatic carbocycles. The highest BCUT2D eigenvalue weighted by molar-refractivity contribution is 6.29. The van der Waals surface area contributed by atoms with Gasteiger partial charge >= 0.3 is 0 Å². The number of ether oxygens (including phenoxy) is 1. The van der Waals surface area contributed by atoms with Gasteiger partial charge in [0.25, 0.3) is 0 Å². The van der Waals surface area contributed by atoms with Gasteiger partial charge in [-0.3, -0.25) is 0 Å². The Morgan fingerprint density at radius 3 is 2.75 bits per heavy atom. The summed E-state index contributed by atoms with van der Waals surface area (Å²) < 4.78 is 5.40. The van der Waals surface area contributed by atoms with Crippen LogP contribution in [0, 0.1) is 5.92 Å². The molecule has 0 saturated carbocycles. The van der Waals surface area contributed by atoms with Crippen molar-refractivity contribution in [2.24, 2.45) is 5.92 Å². The molecule has 0 N–H and O–H groups in total. The van der Waals surface area contributed by atoms with E-state index in [4.69, 9.17) is 16.3 Å². The predicted octanol–water partition coefficient (Wildman–Crippen LogP) is 2.77. The number of halogens is 1. The average Bonchev–Trinajstić information content (AvgIpc) is 2.03. The molecule has 0 unspecified atom stereocenters. The second-order valence-corrected chi connectivity index (χ2v) is 3.41. The maximum atomic E-state index is 5.61. The normalized spacial score (nSPS) is 10.3. The Bertz CT molecular complexity index is 233. The van der Waals surface area contributed by atoms with Gasteiger partial charge in [-0.2, -0.15) is 0 Å². The summed E-state index contributed by atoms with van der Waals surface area (Å²) in [7, 11) is 0. The average molecular weight is 186 g/mol. The third-order valence-corrected chi connectivity index (χ3v) is 1.51. The van der Waals surface area contributed by atoms with E-state index in [2.05, 4.69) is 18.8 Å². The van der Waals surface area contributed by atoms with Crippen molar-refractivity contribution in [1.82, 2.24) is 4.98 Å². The van der Waals surface area contributed by atoms with Gasteiger partial charge in [0.15, 0.2) is 0 Å². The van der Waals surface area contributed by atoms with Crippen LogP contribution >= 0.6 is 11.6 Å². The van der Waals surface area contributed by atoms with E-state index in [0.29, 0.717) is 17.7 Å². The SMILES string of the molecule is CC(C)COc1ccc(Cl)nc1. The standard InChI is InChI=1S/C9H12ClNO/c1-7(2)6-12-8-3-4-9(10)11-5-8/h3-5,7H,6H2,1-2H3. The van der Waals surface area contributed by atoms with E-state index in [1.54, 1.807) is 12.3 Å². The maximum Gasteiger partial charge on any atom is 0.137 e. The number of aromatic nitrogens is 1. The fourth-order valence-corrected chi connectivity index (χ4v) is 0.822. The molecule has 1 heterocycles. The molecule has 0 saturated heterocycles. The second-order valence-electron chi connectivity index (χ2n) is 3.02. The summed E-state index contributed by atoms with van der Waals surface area (Å²) in [6.45, 7) is 4.91. The van der Waals surface area contributed by atoms with Gasteiger partial charge in [-0.05, 0) is 18.1 Å². The Balaban J connectivity index is 2.48. The van der Waals surface area contributed by atoms with Crippen LogP contribution in [0.3, 0.4) is 0 Å². The van der Waals surface area contributed by atoms with Crippen molar-refractivity contribution in [2.45, 2.75) is 13.8 Å². The Labute approximate surface area is 77.5 Å². The molecule has 0 spiro atoms. The Hall–Kier alpha value is -0.760. The van der Waals surface area contributed by atoms with Gasteiger partial charge in [-0.25, -0.2) is 4.98 Å². The molecule has 0 aliphatic carbocycles. The molecule has 1 aromatic heterocycles. The molecule has 0 aliphatic heterocycles. The molecule has 1 aromatic rings. The van der Waals surface area contributed by atoms with E-state index in [1.807, 2.05) is 6.07 Å². The summed E-state index contributed by atoms with van der Waals surface area (Å²) >= 11 is 5.61. The molecule has 0 amide bonds. The largest absolute Gasteiger partial charge is 0.492 e. The van der Waals surface area contributed by atoms with Crippen LogP contribution in [0.1, 0.15) is 13.8 Å². The summed E-state index contributed by atoms with van der Waals surface area (Å²) in [5.74, 6) is 1.30. The fraction of sp³-hybridized carbons (Fsp3) is 0.444. The molecule has 66 valence electrons. The number of nitrogens with zero attached hydrogens (tertiary/aromatic N) is 1. The highest BCUT2D eigenvalue weighted by atomic mass is 35.5. The first-order chi connectivity index (χ1) is 5.68. The van der Waals surface area contributed by atoms with Gasteiger partial charge in [-0.1, -0.05) is 25.4 Å². The summed E-state index contributed by atoms with van der Waals surface area (Å²) in [4.78, 5) is 3.90. The molecule has 3 heteroatoms. The third kappa shape index (κ3) is 3.09. The monoisotopic (exact) mass is 185 g/mol. The molecule has 0 aliphatic rings. The van der Waals surface area contributed by atoms with Crippen molar-refractivity contribution in [1.29, 1.82) is 0 Å². The number of pyridine rings is 1. The zero-order chi connectivity index (χ0) is 8.97. The van der Waals surface area contributed by atoms with Gasteiger partial charge in [0.05, 0.1) is 12.8 Å². The molecular formula is C9H12ClNO. The van der Waals surface area contributed by atoms with Crippen molar-refractivity contribution < 1.29 is 4.74 Å². The fourth-order valence-electron chi connectivity index (χ4n) is 0.711. The van der Waals surface area contributed by atoms with Crippen molar-refractivity contribution in [3.63, 3.8) is 0 Å². The summed E-state index contributed by atoms with van der Waals surface area (Å²) in [5.41, 5.74) is 0. The van der Waals surface area contributed by atoms with Gasteiger partial charge in [0, 0.05) is 0 Å². The highest BCUT2D eigenvalue weighted by Gasteiger charge is 1.96. The zero-order valence-corrected chi connectivity index (χ0v) is 8.01. The Kier molecular flexibility index (Phi) is 3.35. The number of hydrogen-bond donors (Lipinski definition) is 0. The lowest BCUT2D eigenvalue weighted by Gasteiger charge is -2.07. The third-order valence-electron chi connectivity index (χ3n) is 1.28. The summed E-state index contributed by atoms with van der Waals surface area (Å²) in [5, 5.41) is 0.492. The maximum absolute atomic E-state index is 5.61. The van der Waals surface area contributed by atoms with Gasteiger partial charge in [0.2, 0.25) is 0 Å². The van der Waals surface area contributed by atoms with Crippen LogP contribution in [0.25, 0.3) is 0 Å². The lowest BCUT2D eigenvalue weighted by Crippen LogP contribution is -2.04. The van der Waals surface area contributed by atoms with Crippen LogP contribution in [0.4, 0.5) is 0 Å². The van der Waals surface area contributed by atoms with E-state index in [-0.39, 0.29) is 0 Å². The number of hydrogen-bond acceptors (Lipinski definition) is 2. The van der Waals surface area contributed by atoms with E-state index >= 15 is 0 Å². The minimum Gasteiger partial charge on any atom is -0.492 e. The lowest BCUT2D eigenvalue weighted by atomic mass is 10.2. The van der Waals surface area contributed by atoms with Gasteiger partial charge in [0.1, 0.15) is 10.9 Å². The van der Waals surface area contributed by atoms with Crippen LogP contribution in [0.2, 0.25) is 5.15 Å². The summed E-state index contributed by atoms with van der Waals surface area (Å²) in [6.07, 6.45) is 1.63. The minimum absolute atomic E-state index is 0.492. The predicted molar refractivity (Wildman–Crippen MR) is 49.6 cm³/mol. The Morgan fingerprint density at radius 2 is 2.25 bits per heavy atom.